The lowest BCUT2D eigenvalue weighted by molar-refractivity contribution is -0.137. The molecule has 2 N–H and O–H groups in total. The summed E-state index contributed by atoms with van der Waals surface area (Å²) in [6, 6.07) is 20.0. The monoisotopic (exact) mass is 603 g/mol. The summed E-state index contributed by atoms with van der Waals surface area (Å²) in [6.07, 6.45) is 0.823. The number of hydrogen-bond acceptors (Lipinski definition) is 5. The molecule has 4 rings (SSSR count). The number of nitrogens with one attached hydrogen (secondary N) is 2. The summed E-state index contributed by atoms with van der Waals surface area (Å²) in [4.78, 5) is 41.8. The maximum absolute atomic E-state index is 13.8. The lowest BCUT2D eigenvalue weighted by Gasteiger charge is -2.45. The van der Waals surface area contributed by atoms with Gasteiger partial charge in [-0.3, -0.25) is 14.4 Å². The second-order valence-corrected chi connectivity index (χ2v) is 14.1. The van der Waals surface area contributed by atoms with Crippen LogP contribution in [0.2, 0.25) is 0 Å². The van der Waals surface area contributed by atoms with Crippen molar-refractivity contribution < 1.29 is 22.8 Å². The number of likely N-dealkylation sites (tertiary alicyclic amines) is 1. The van der Waals surface area contributed by atoms with Gasteiger partial charge in [0.1, 0.15) is 6.04 Å². The molecule has 8 nitrogen and oxygen atoms in total. The van der Waals surface area contributed by atoms with Crippen molar-refractivity contribution in [2.75, 3.05) is 13.1 Å². The first-order valence-electron chi connectivity index (χ1n) is 14.6. The summed E-state index contributed by atoms with van der Waals surface area (Å²) >= 11 is 0. The van der Waals surface area contributed by atoms with Crippen molar-refractivity contribution in [1.82, 2.24) is 14.9 Å². The van der Waals surface area contributed by atoms with Gasteiger partial charge in [-0.25, -0.2) is 13.1 Å². The molecule has 1 fully saturated rings. The average molecular weight is 604 g/mol. The smallest absolute Gasteiger partial charge is 0.265 e. The minimum Gasteiger partial charge on any atom is -0.340 e. The molecule has 43 heavy (non-hydrogen) atoms. The molecule has 0 radical (unpaired) electrons. The molecule has 0 aliphatic carbocycles. The van der Waals surface area contributed by atoms with Crippen LogP contribution in [0, 0.1) is 25.2 Å². The molecule has 3 aromatic carbocycles. The van der Waals surface area contributed by atoms with Crippen LogP contribution in [0.5, 0.6) is 0 Å². The van der Waals surface area contributed by atoms with E-state index >= 15 is 0 Å². The number of aryl methyl sites for hydroxylation is 2. The molecule has 228 valence electrons. The zero-order valence-corrected chi connectivity index (χ0v) is 26.5. The van der Waals surface area contributed by atoms with Crippen LogP contribution in [0.3, 0.4) is 0 Å². The third-order valence-electron chi connectivity index (χ3n) is 8.24. The summed E-state index contributed by atoms with van der Waals surface area (Å²) in [5.74, 6) is -1.38. The van der Waals surface area contributed by atoms with Crippen LogP contribution in [0.25, 0.3) is 0 Å². The van der Waals surface area contributed by atoms with E-state index in [0.29, 0.717) is 24.6 Å². The minimum absolute atomic E-state index is 0.00149. The number of rotatable bonds is 8. The van der Waals surface area contributed by atoms with Gasteiger partial charge in [0.25, 0.3) is 21.8 Å². The number of piperidine rings is 1. The van der Waals surface area contributed by atoms with Gasteiger partial charge in [0, 0.05) is 24.2 Å². The minimum atomic E-state index is -4.11. The van der Waals surface area contributed by atoms with Crippen molar-refractivity contribution in [3.05, 3.63) is 101 Å². The Hall–Kier alpha value is -3.98. The van der Waals surface area contributed by atoms with E-state index in [4.69, 9.17) is 0 Å². The normalized spacial score (nSPS) is 17.3. The Kier molecular flexibility index (Phi) is 9.44. The van der Waals surface area contributed by atoms with Crippen molar-refractivity contribution in [3.8, 4) is 0 Å². The SMILES string of the molecule is Cc1ccc([C@H]2CCN(C(=O)[C@H](NC(=O)c3cccc(C(=O)NS(=O)(=O)c4ccccc4C)c3)C(C)C)CC2(C)C)cc1. The van der Waals surface area contributed by atoms with Crippen LogP contribution < -0.4 is 10.0 Å². The first-order valence-corrected chi connectivity index (χ1v) is 16.1. The molecule has 0 bridgehead atoms. The summed E-state index contributed by atoms with van der Waals surface area (Å²) in [5.41, 5.74) is 2.99. The Labute approximate surface area is 254 Å². The van der Waals surface area contributed by atoms with Crippen molar-refractivity contribution in [1.29, 1.82) is 0 Å². The standard InChI is InChI=1S/C34H41N3O5S/c1-22(2)30(33(40)37-19-18-28(34(5,6)21-37)25-16-14-23(3)15-17-25)35-31(38)26-11-9-12-27(20-26)32(39)36-43(41,42)29-13-8-7-10-24(29)4/h7-17,20,22,28,30H,18-19,21H2,1-6H3,(H,35,38)(H,36,39)/t28-,30-/m1/s1. The van der Waals surface area contributed by atoms with Crippen LogP contribution in [-0.4, -0.2) is 50.2 Å². The zero-order valence-electron chi connectivity index (χ0n) is 25.7. The Morgan fingerprint density at radius 1 is 0.884 bits per heavy atom. The fourth-order valence-electron chi connectivity index (χ4n) is 5.79. The predicted molar refractivity (Wildman–Crippen MR) is 167 cm³/mol. The first-order chi connectivity index (χ1) is 20.2. The summed E-state index contributed by atoms with van der Waals surface area (Å²) in [6.45, 7) is 13.0. The molecule has 0 spiro atoms. The van der Waals surface area contributed by atoms with Crippen LogP contribution in [0.4, 0.5) is 0 Å². The maximum atomic E-state index is 13.8. The second kappa shape index (κ2) is 12.7. The van der Waals surface area contributed by atoms with Crippen molar-refractivity contribution in [2.45, 2.75) is 64.8 Å². The summed E-state index contributed by atoms with van der Waals surface area (Å²) < 4.78 is 27.7. The first kappa shape index (κ1) is 31.9. The molecule has 3 amide bonds. The molecule has 1 saturated heterocycles. The fraction of sp³-hybridized carbons (Fsp3) is 0.382. The highest BCUT2D eigenvalue weighted by Crippen LogP contribution is 2.42. The van der Waals surface area contributed by atoms with Crippen molar-refractivity contribution in [2.24, 2.45) is 11.3 Å². The van der Waals surface area contributed by atoms with Crippen LogP contribution in [0.1, 0.15) is 77.4 Å². The van der Waals surface area contributed by atoms with E-state index in [1.165, 1.54) is 41.5 Å². The number of hydrogen-bond donors (Lipinski definition) is 2. The van der Waals surface area contributed by atoms with Crippen molar-refractivity contribution >= 4 is 27.7 Å². The summed E-state index contributed by atoms with van der Waals surface area (Å²) in [5, 5.41) is 2.87. The van der Waals surface area contributed by atoms with E-state index in [1.54, 1.807) is 25.1 Å². The van der Waals surface area contributed by atoms with Gasteiger partial charge < -0.3 is 10.2 Å². The molecular weight excluding hydrogens is 562 g/mol. The Morgan fingerprint density at radius 3 is 2.12 bits per heavy atom. The van der Waals surface area contributed by atoms with E-state index in [0.717, 1.165) is 6.42 Å². The van der Waals surface area contributed by atoms with Gasteiger partial charge in [-0.05, 0) is 72.9 Å². The van der Waals surface area contributed by atoms with Crippen LogP contribution >= 0.6 is 0 Å². The molecule has 3 aromatic rings. The second-order valence-electron chi connectivity index (χ2n) is 12.5. The molecular formula is C34H41N3O5S. The maximum Gasteiger partial charge on any atom is 0.265 e. The van der Waals surface area contributed by atoms with Gasteiger partial charge in [-0.2, -0.15) is 0 Å². The zero-order chi connectivity index (χ0) is 31.5. The lowest BCUT2D eigenvalue weighted by Crippen LogP contribution is -2.55. The van der Waals surface area contributed by atoms with Crippen LogP contribution in [0.15, 0.2) is 77.7 Å². The van der Waals surface area contributed by atoms with Gasteiger partial charge in [0.15, 0.2) is 0 Å². The van der Waals surface area contributed by atoms with Gasteiger partial charge in [-0.15, -0.1) is 0 Å². The van der Waals surface area contributed by atoms with Gasteiger partial charge >= 0.3 is 0 Å². The quantitative estimate of drug-likeness (QED) is 0.367. The third-order valence-corrected chi connectivity index (χ3v) is 9.73. The molecule has 0 saturated carbocycles. The predicted octanol–water partition coefficient (Wildman–Crippen LogP) is 5.22. The highest BCUT2D eigenvalue weighted by Gasteiger charge is 2.40. The van der Waals surface area contributed by atoms with E-state index in [9.17, 15) is 22.8 Å². The molecule has 1 heterocycles. The van der Waals surface area contributed by atoms with E-state index < -0.39 is 27.9 Å². The van der Waals surface area contributed by atoms with E-state index in [-0.39, 0.29) is 33.3 Å². The molecule has 0 aromatic heterocycles. The highest BCUT2D eigenvalue weighted by atomic mass is 32.2. The average Bonchev–Trinajstić information content (AvgIpc) is 2.95. The number of carbonyl (C=O) groups is 3. The molecule has 9 heteroatoms. The molecule has 0 unspecified atom stereocenters. The van der Waals surface area contributed by atoms with Gasteiger partial charge in [0.05, 0.1) is 4.90 Å². The Bertz CT molecular complexity index is 1610. The number of amides is 3. The highest BCUT2D eigenvalue weighted by molar-refractivity contribution is 7.90. The van der Waals surface area contributed by atoms with Gasteiger partial charge in [-0.1, -0.05) is 81.8 Å². The fourth-order valence-corrected chi connectivity index (χ4v) is 7.01. The Balaban J connectivity index is 1.45. The summed E-state index contributed by atoms with van der Waals surface area (Å²) in [7, 11) is -4.11. The molecule has 2 atom stereocenters. The molecule has 1 aliphatic rings. The number of nitrogens with zero attached hydrogens (tertiary/aromatic N) is 1. The number of sulfonamides is 1. The van der Waals surface area contributed by atoms with Crippen molar-refractivity contribution in [3.63, 3.8) is 0 Å². The largest absolute Gasteiger partial charge is 0.340 e. The van der Waals surface area contributed by atoms with Gasteiger partial charge in [0.2, 0.25) is 5.91 Å². The topological polar surface area (TPSA) is 113 Å². The van der Waals surface area contributed by atoms with E-state index in [1.807, 2.05) is 18.7 Å². The number of carbonyl (C=O) groups excluding carboxylic acids is 3. The van der Waals surface area contributed by atoms with Crippen LogP contribution in [-0.2, 0) is 14.8 Å². The lowest BCUT2D eigenvalue weighted by atomic mass is 9.70. The Morgan fingerprint density at radius 2 is 1.51 bits per heavy atom. The van der Waals surface area contributed by atoms with E-state index in [2.05, 4.69) is 55.1 Å². The third kappa shape index (κ3) is 7.33. The molecule has 1 aliphatic heterocycles. The number of benzene rings is 3.